The third-order valence-electron chi connectivity index (χ3n) is 11.4. The van der Waals surface area contributed by atoms with Crippen molar-refractivity contribution >= 4 is 82.4 Å². The van der Waals surface area contributed by atoms with Crippen molar-refractivity contribution in [3.63, 3.8) is 0 Å². The van der Waals surface area contributed by atoms with Crippen LogP contribution in [0.5, 0.6) is 0 Å². The number of hydrogen-bond donors (Lipinski definition) is 0. The summed E-state index contributed by atoms with van der Waals surface area (Å²) in [5.41, 5.74) is -0.362. The topological polar surface area (TPSA) is 43.4 Å². The van der Waals surface area contributed by atoms with E-state index in [-0.39, 0.29) is 10.3 Å². The quantitative estimate of drug-likeness (QED) is 0.134. The summed E-state index contributed by atoms with van der Waals surface area (Å²) in [4.78, 5) is 0. The second-order valence-electron chi connectivity index (χ2n) is 22.7. The monoisotopic (exact) mass is 894 g/mol. The summed E-state index contributed by atoms with van der Waals surface area (Å²) < 4.78 is 79.7. The van der Waals surface area contributed by atoms with Gasteiger partial charge in [0, 0.05) is 48.4 Å². The molecule has 0 saturated heterocycles. The lowest BCUT2D eigenvalue weighted by Crippen LogP contribution is -2.76. The fourth-order valence-corrected chi connectivity index (χ4v) is 57.0. The Hall–Kier alpha value is -1.12. The van der Waals surface area contributed by atoms with Crippen molar-refractivity contribution in [3.8, 4) is 0 Å². The van der Waals surface area contributed by atoms with Crippen LogP contribution < -0.4 is 15.6 Å². The summed E-state index contributed by atoms with van der Waals surface area (Å²) in [6.45, 7) is 43.6. The highest BCUT2D eigenvalue weighted by atomic mass is 32.2. The van der Waals surface area contributed by atoms with E-state index in [0.29, 0.717) is 22.0 Å². The fraction of sp³-hybridized carbons (Fsp3) is 0.561. The Morgan fingerprint density at radius 2 is 0.855 bits per heavy atom. The van der Waals surface area contributed by atoms with Crippen molar-refractivity contribution in [1.82, 2.24) is 0 Å². The average Bonchev–Trinajstić information content (AvgIpc) is 2.91. The SMILES string of the molecule is C[Si](C)(C)C(c1cc(C([Si](C)(C)C)[Si](C)(C)C)c([Si]2(OS(=O)(=O)C(F)(F)F)c3ccccc3Cc3ccccc32)c(C([Si](C)(C)C)[Si](C)(C)C)c1)[Si](C)(C)C. The van der Waals surface area contributed by atoms with Crippen molar-refractivity contribution in [2.75, 3.05) is 0 Å². The van der Waals surface area contributed by atoms with Gasteiger partial charge in [-0.3, -0.25) is 3.87 Å². The van der Waals surface area contributed by atoms with Gasteiger partial charge in [-0.15, -0.1) is 0 Å². The van der Waals surface area contributed by atoms with E-state index in [1.165, 1.54) is 5.56 Å². The molecule has 0 radical (unpaired) electrons. The first kappa shape index (κ1) is 46.6. The Balaban J connectivity index is 2.58. The highest BCUT2D eigenvalue weighted by Gasteiger charge is 2.61. The third-order valence-corrected chi connectivity index (χ3v) is 45.5. The number of hydrogen-bond acceptors (Lipinski definition) is 3. The average molecular weight is 896 g/mol. The highest BCUT2D eigenvalue weighted by Crippen LogP contribution is 2.46. The first-order valence-electron chi connectivity index (χ1n) is 19.8. The minimum Gasteiger partial charge on any atom is -0.291 e. The normalized spacial score (nSPS) is 16.1. The predicted molar refractivity (Wildman–Crippen MR) is 251 cm³/mol. The molecule has 0 saturated carbocycles. The van der Waals surface area contributed by atoms with E-state index in [0.717, 1.165) is 27.4 Å². The Labute approximate surface area is 339 Å². The van der Waals surface area contributed by atoms with Crippen LogP contribution in [0.1, 0.15) is 43.3 Å². The molecule has 0 bridgehead atoms. The molecule has 306 valence electrons. The summed E-state index contributed by atoms with van der Waals surface area (Å²) in [6, 6.07) is 20.2. The molecule has 14 heteroatoms. The van der Waals surface area contributed by atoms with Crippen LogP contribution in [0.3, 0.4) is 0 Å². The molecular formula is C41H69F3O3SSi7. The largest absolute Gasteiger partial charge is 0.522 e. The van der Waals surface area contributed by atoms with Gasteiger partial charge in [0.05, 0.1) is 0 Å². The molecule has 3 aromatic rings. The van der Waals surface area contributed by atoms with Crippen LogP contribution in [0, 0.1) is 0 Å². The molecule has 0 unspecified atom stereocenters. The standard InChI is InChI=1S/C41H69F3O3SSi7/c1-49(2,3)38(50(4,5)6)32-28-33(39(51(7,8)9)52(10,11)12)37(34(29-32)40(53(13,14)15)54(16,17)18)55(47-48(45,46)41(42,43)44)35-25-21-19-23-30(35)27-31-24-20-22-26-36(31)55/h19-26,28-29,38-40H,27H2,1-18H3. The fourth-order valence-electron chi connectivity index (χ4n) is 11.5. The van der Waals surface area contributed by atoms with Crippen LogP contribution in [0.15, 0.2) is 60.7 Å². The summed E-state index contributed by atoms with van der Waals surface area (Å²) >= 11 is 0. The molecule has 0 aromatic heterocycles. The maximum atomic E-state index is 15.1. The predicted octanol–water partition coefficient (Wildman–Crippen LogP) is 10.9. The van der Waals surface area contributed by atoms with Gasteiger partial charge in [0.25, 0.3) is 0 Å². The molecule has 1 heterocycles. The summed E-state index contributed by atoms with van der Waals surface area (Å²) in [5, 5.41) is 2.70. The van der Waals surface area contributed by atoms with Gasteiger partial charge in [-0.2, -0.15) is 21.6 Å². The van der Waals surface area contributed by atoms with E-state index < -0.39 is 72.4 Å². The minimum absolute atomic E-state index is 0.115. The van der Waals surface area contributed by atoms with Crippen molar-refractivity contribution in [1.29, 1.82) is 0 Å². The molecule has 1 aliphatic heterocycles. The van der Waals surface area contributed by atoms with E-state index in [4.69, 9.17) is 3.87 Å². The first-order chi connectivity index (χ1) is 24.5. The maximum Gasteiger partial charge on any atom is 0.522 e. The summed E-state index contributed by atoms with van der Waals surface area (Å²) in [6.07, 6.45) is 0.504. The van der Waals surface area contributed by atoms with Crippen molar-refractivity contribution in [2.24, 2.45) is 0 Å². The summed E-state index contributed by atoms with van der Waals surface area (Å²) in [7, 11) is -23.0. The Bertz CT molecular complexity index is 1870. The van der Waals surface area contributed by atoms with E-state index in [9.17, 15) is 8.42 Å². The maximum absolute atomic E-state index is 15.1. The number of halogens is 3. The van der Waals surface area contributed by atoms with Gasteiger partial charge < -0.3 is 0 Å². The minimum atomic E-state index is -6.07. The molecular weight excluding hydrogens is 826 g/mol. The molecule has 0 aliphatic carbocycles. The van der Waals surface area contributed by atoms with Crippen LogP contribution in [0.4, 0.5) is 13.2 Å². The Morgan fingerprint density at radius 3 is 1.15 bits per heavy atom. The number of rotatable bonds is 12. The zero-order valence-corrected chi connectivity index (χ0v) is 44.8. The molecule has 0 atom stereocenters. The zero-order valence-electron chi connectivity index (χ0n) is 37.0. The van der Waals surface area contributed by atoms with Crippen LogP contribution in [0.25, 0.3) is 0 Å². The van der Waals surface area contributed by atoms with Gasteiger partial charge in [-0.1, -0.05) is 179 Å². The van der Waals surface area contributed by atoms with Crippen molar-refractivity contribution in [2.45, 2.75) is 145 Å². The number of benzene rings is 3. The van der Waals surface area contributed by atoms with E-state index >= 15 is 13.2 Å². The van der Waals surface area contributed by atoms with Gasteiger partial charge in [0.2, 0.25) is 0 Å². The smallest absolute Gasteiger partial charge is 0.291 e. The second kappa shape index (κ2) is 14.9. The zero-order chi connectivity index (χ0) is 42.3. The second-order valence-corrected chi connectivity index (χ2v) is 61.3. The van der Waals surface area contributed by atoms with Gasteiger partial charge in [0.15, 0.2) is 0 Å². The lowest BCUT2D eigenvalue weighted by Gasteiger charge is -2.49. The molecule has 1 aliphatic rings. The van der Waals surface area contributed by atoms with Crippen LogP contribution in [-0.2, 0) is 20.4 Å². The van der Waals surface area contributed by atoms with Crippen LogP contribution >= 0.6 is 0 Å². The van der Waals surface area contributed by atoms with E-state index in [1.807, 2.05) is 48.5 Å². The lowest BCUT2D eigenvalue weighted by atomic mass is 10.0. The van der Waals surface area contributed by atoms with Gasteiger partial charge in [-0.05, 0) is 65.3 Å². The van der Waals surface area contributed by atoms with Crippen LogP contribution in [-0.4, -0.2) is 70.7 Å². The molecule has 55 heavy (non-hydrogen) atoms. The van der Waals surface area contributed by atoms with E-state index in [2.05, 4.69) is 130 Å². The Morgan fingerprint density at radius 1 is 0.545 bits per heavy atom. The number of alkyl halides is 3. The van der Waals surface area contributed by atoms with Crippen LogP contribution in [0.2, 0.25) is 118 Å². The van der Waals surface area contributed by atoms with Gasteiger partial charge in [-0.25, -0.2) is 0 Å². The first-order valence-corrected chi connectivity index (χ1v) is 44.6. The molecule has 4 rings (SSSR count). The molecule has 3 nitrogen and oxygen atoms in total. The molecule has 0 fully saturated rings. The van der Waals surface area contributed by atoms with Crippen molar-refractivity contribution < 1.29 is 25.5 Å². The van der Waals surface area contributed by atoms with E-state index in [1.54, 1.807) is 0 Å². The summed E-state index contributed by atoms with van der Waals surface area (Å²) in [5.74, 6) is 0. The Kier molecular flexibility index (Phi) is 12.6. The number of fused-ring (bicyclic) bond motifs is 2. The lowest BCUT2D eigenvalue weighted by molar-refractivity contribution is -0.0501. The van der Waals surface area contributed by atoms with Gasteiger partial charge in [0.1, 0.15) is 0 Å². The highest BCUT2D eigenvalue weighted by molar-refractivity contribution is 7.89. The molecule has 0 spiro atoms. The molecule has 0 amide bonds. The van der Waals surface area contributed by atoms with Crippen molar-refractivity contribution in [3.05, 3.63) is 88.5 Å². The molecule has 3 aromatic carbocycles. The third kappa shape index (κ3) is 9.21. The van der Waals surface area contributed by atoms with Gasteiger partial charge >= 0.3 is 23.9 Å². The molecule has 0 N–H and O–H groups in total.